The molecule has 2 aliphatic rings. The van der Waals surface area contributed by atoms with E-state index in [0.29, 0.717) is 17.0 Å². The number of sulfonamides is 1. The molecule has 0 atom stereocenters. The van der Waals surface area contributed by atoms with Gasteiger partial charge in [-0.1, -0.05) is 0 Å². The monoisotopic (exact) mass is 346 g/mol. The zero-order valence-electron chi connectivity index (χ0n) is 12.1. The van der Waals surface area contributed by atoms with E-state index in [1.54, 1.807) is 24.3 Å². The lowest BCUT2D eigenvalue weighted by atomic mass is 9.88. The number of nitrogens with one attached hydrogen (secondary N) is 2. The summed E-state index contributed by atoms with van der Waals surface area (Å²) in [5.41, 5.74) is 0.447. The minimum atomic E-state index is -3.35. The molecule has 3 rings (SSSR count). The van der Waals surface area contributed by atoms with Crippen molar-refractivity contribution in [3.8, 4) is 5.75 Å². The van der Waals surface area contributed by atoms with Gasteiger partial charge in [-0.3, -0.25) is 4.72 Å². The van der Waals surface area contributed by atoms with Gasteiger partial charge in [0, 0.05) is 24.6 Å². The summed E-state index contributed by atoms with van der Waals surface area (Å²) < 4.78 is 31.0. The zero-order valence-corrected chi connectivity index (χ0v) is 13.8. The summed E-state index contributed by atoms with van der Waals surface area (Å²) in [7, 11) is -3.35. The van der Waals surface area contributed by atoms with E-state index in [9.17, 15) is 13.5 Å². The molecule has 0 aromatic heterocycles. The molecule has 1 spiro atoms. The number of aliphatic hydroxyl groups is 1. The van der Waals surface area contributed by atoms with Crippen LogP contribution in [0.15, 0.2) is 24.3 Å². The van der Waals surface area contributed by atoms with Crippen molar-refractivity contribution < 1.29 is 18.3 Å². The highest BCUT2D eigenvalue weighted by molar-refractivity contribution is 7.92. The average Bonchev–Trinajstić information content (AvgIpc) is 2.39. The standard InChI is InChI=1S/C14H18N2O4S.ClH/c1-21(18,19)16-10-2-3-13-11(8-10)12(17)9-14(20-13)4-6-15-7-5-14;/h2-3,8-9,15-17H,4-7H2,1H3;1H. The van der Waals surface area contributed by atoms with E-state index >= 15 is 0 Å². The molecule has 3 N–H and O–H groups in total. The van der Waals surface area contributed by atoms with Gasteiger partial charge >= 0.3 is 0 Å². The van der Waals surface area contributed by atoms with Gasteiger partial charge in [0.15, 0.2) is 0 Å². The average molecular weight is 347 g/mol. The highest BCUT2D eigenvalue weighted by Crippen LogP contribution is 2.40. The van der Waals surface area contributed by atoms with Gasteiger partial charge in [0.2, 0.25) is 10.0 Å². The molecule has 0 bridgehead atoms. The van der Waals surface area contributed by atoms with E-state index in [0.717, 1.165) is 32.2 Å². The lowest BCUT2D eigenvalue weighted by Gasteiger charge is -2.38. The molecule has 1 aromatic rings. The fourth-order valence-electron chi connectivity index (χ4n) is 2.77. The third-order valence-corrected chi connectivity index (χ3v) is 4.33. The quantitative estimate of drug-likeness (QED) is 0.761. The first-order valence-corrected chi connectivity index (χ1v) is 8.70. The number of halogens is 1. The molecule has 0 radical (unpaired) electrons. The second-order valence-corrected chi connectivity index (χ2v) is 7.28. The van der Waals surface area contributed by atoms with Gasteiger partial charge in [-0.15, -0.1) is 12.4 Å². The molecule has 1 aromatic carbocycles. The normalized spacial score (nSPS) is 19.4. The Morgan fingerprint density at radius 1 is 1.32 bits per heavy atom. The van der Waals surface area contributed by atoms with Crippen LogP contribution in [0.25, 0.3) is 5.76 Å². The predicted octanol–water partition coefficient (Wildman–Crippen LogP) is 1.89. The van der Waals surface area contributed by atoms with Crippen LogP contribution in [-0.2, 0) is 10.0 Å². The van der Waals surface area contributed by atoms with Crippen LogP contribution in [0.3, 0.4) is 0 Å². The van der Waals surface area contributed by atoms with Gasteiger partial charge in [0.05, 0.1) is 11.8 Å². The molecule has 8 heteroatoms. The SMILES string of the molecule is CS(=O)(=O)Nc1ccc2c(c1)C(O)=CC1(CCNCC1)O2.Cl. The summed E-state index contributed by atoms with van der Waals surface area (Å²) in [6.45, 7) is 1.68. The topological polar surface area (TPSA) is 87.7 Å². The maximum Gasteiger partial charge on any atom is 0.229 e. The summed E-state index contributed by atoms with van der Waals surface area (Å²) >= 11 is 0. The molecule has 22 heavy (non-hydrogen) atoms. The van der Waals surface area contributed by atoms with E-state index in [1.165, 1.54) is 0 Å². The smallest absolute Gasteiger partial charge is 0.229 e. The van der Waals surface area contributed by atoms with Crippen molar-refractivity contribution in [1.82, 2.24) is 5.32 Å². The molecule has 0 amide bonds. The first-order chi connectivity index (χ1) is 9.87. The third kappa shape index (κ3) is 3.48. The molecule has 2 aliphatic heterocycles. The van der Waals surface area contributed by atoms with E-state index in [2.05, 4.69) is 10.0 Å². The molecule has 0 unspecified atom stereocenters. The van der Waals surface area contributed by atoms with Crippen molar-refractivity contribution in [1.29, 1.82) is 0 Å². The predicted molar refractivity (Wildman–Crippen MR) is 88.2 cm³/mol. The number of fused-ring (bicyclic) bond motifs is 1. The van der Waals surface area contributed by atoms with Crippen LogP contribution in [0.2, 0.25) is 0 Å². The second-order valence-electron chi connectivity index (χ2n) is 5.53. The molecule has 0 saturated carbocycles. The van der Waals surface area contributed by atoms with Gasteiger partial charge < -0.3 is 15.2 Å². The van der Waals surface area contributed by atoms with E-state index in [-0.39, 0.29) is 18.2 Å². The molecule has 1 saturated heterocycles. The Morgan fingerprint density at radius 3 is 2.64 bits per heavy atom. The van der Waals surface area contributed by atoms with Gasteiger partial charge in [-0.25, -0.2) is 8.42 Å². The molecule has 122 valence electrons. The fourth-order valence-corrected chi connectivity index (χ4v) is 3.32. The molecular formula is C14H19ClN2O4S. The Balaban J connectivity index is 0.00000176. The van der Waals surface area contributed by atoms with Crippen molar-refractivity contribution in [3.05, 3.63) is 29.8 Å². The Morgan fingerprint density at radius 2 is 2.00 bits per heavy atom. The number of hydrogen-bond donors (Lipinski definition) is 3. The fraction of sp³-hybridized carbons (Fsp3) is 0.429. The second kappa shape index (κ2) is 5.98. The Kier molecular flexibility index (Phi) is 4.60. The number of hydrogen-bond acceptors (Lipinski definition) is 5. The maximum atomic E-state index is 11.3. The number of aliphatic hydroxyl groups excluding tert-OH is 1. The Hall–Kier alpha value is -1.44. The minimum Gasteiger partial charge on any atom is -0.507 e. The summed E-state index contributed by atoms with van der Waals surface area (Å²) in [6.07, 6.45) is 4.41. The van der Waals surface area contributed by atoms with Crippen molar-refractivity contribution >= 4 is 33.9 Å². The molecule has 1 fully saturated rings. The molecule has 2 heterocycles. The number of ether oxygens (including phenoxy) is 1. The maximum absolute atomic E-state index is 11.3. The van der Waals surface area contributed by atoms with Crippen LogP contribution in [0.5, 0.6) is 5.75 Å². The number of piperidine rings is 1. The number of rotatable bonds is 2. The van der Waals surface area contributed by atoms with Crippen molar-refractivity contribution in [2.24, 2.45) is 0 Å². The first-order valence-electron chi connectivity index (χ1n) is 6.81. The number of anilines is 1. The number of benzene rings is 1. The van der Waals surface area contributed by atoms with Crippen LogP contribution in [0.1, 0.15) is 18.4 Å². The minimum absolute atomic E-state index is 0. The third-order valence-electron chi connectivity index (χ3n) is 3.72. The lowest BCUT2D eigenvalue weighted by Crippen LogP contribution is -2.46. The lowest BCUT2D eigenvalue weighted by molar-refractivity contribution is 0.0788. The van der Waals surface area contributed by atoms with E-state index in [4.69, 9.17) is 4.74 Å². The van der Waals surface area contributed by atoms with Crippen LogP contribution < -0.4 is 14.8 Å². The zero-order chi connectivity index (χ0) is 15.1. The Bertz CT molecular complexity index is 697. The van der Waals surface area contributed by atoms with Crippen LogP contribution in [0, 0.1) is 0 Å². The highest BCUT2D eigenvalue weighted by atomic mass is 35.5. The van der Waals surface area contributed by atoms with Gasteiger partial charge in [-0.05, 0) is 31.3 Å². The summed E-state index contributed by atoms with van der Waals surface area (Å²) in [5, 5.41) is 13.5. The Labute approximate surface area is 136 Å². The van der Waals surface area contributed by atoms with Gasteiger partial charge in [0.25, 0.3) is 0 Å². The van der Waals surface area contributed by atoms with Crippen LogP contribution in [-0.4, -0.2) is 38.5 Å². The molecule has 0 aliphatic carbocycles. The van der Waals surface area contributed by atoms with Crippen molar-refractivity contribution in [2.45, 2.75) is 18.4 Å². The van der Waals surface area contributed by atoms with E-state index in [1.807, 2.05) is 0 Å². The summed E-state index contributed by atoms with van der Waals surface area (Å²) in [5.74, 6) is 0.714. The first kappa shape index (κ1) is 16.9. The summed E-state index contributed by atoms with van der Waals surface area (Å²) in [6, 6.07) is 4.90. The van der Waals surface area contributed by atoms with Gasteiger partial charge in [-0.2, -0.15) is 0 Å². The van der Waals surface area contributed by atoms with Crippen molar-refractivity contribution in [3.63, 3.8) is 0 Å². The van der Waals surface area contributed by atoms with Gasteiger partial charge in [0.1, 0.15) is 17.1 Å². The molecular weight excluding hydrogens is 328 g/mol. The van der Waals surface area contributed by atoms with Crippen molar-refractivity contribution in [2.75, 3.05) is 24.1 Å². The summed E-state index contributed by atoms with van der Waals surface area (Å²) in [4.78, 5) is 0. The van der Waals surface area contributed by atoms with E-state index < -0.39 is 15.6 Å². The van der Waals surface area contributed by atoms with Crippen LogP contribution in [0.4, 0.5) is 5.69 Å². The largest absolute Gasteiger partial charge is 0.507 e. The molecule has 6 nitrogen and oxygen atoms in total. The highest BCUT2D eigenvalue weighted by Gasteiger charge is 2.37. The van der Waals surface area contributed by atoms with Crippen LogP contribution >= 0.6 is 12.4 Å².